The SMILES string of the molecule is CCS(=O)(=O)Cc1cc(-c2cn(C)c(=O)cc2[C@H](C)C[S@@](=O)C(C)(C)C)c(C(=O)c2ccc(F)cc2)cc1OC. The summed E-state index contributed by atoms with van der Waals surface area (Å²) in [4.78, 5) is 26.6. The average molecular weight is 590 g/mol. The molecule has 0 saturated heterocycles. The predicted octanol–water partition coefficient (Wildman–Crippen LogP) is 5.02. The molecular weight excluding hydrogens is 553 g/mol. The lowest BCUT2D eigenvalue weighted by atomic mass is 9.87. The summed E-state index contributed by atoms with van der Waals surface area (Å²) >= 11 is 0. The van der Waals surface area contributed by atoms with Crippen molar-refractivity contribution in [3.8, 4) is 16.9 Å². The maximum atomic E-state index is 13.8. The Morgan fingerprint density at radius 3 is 2.27 bits per heavy atom. The third kappa shape index (κ3) is 7.14. The van der Waals surface area contributed by atoms with E-state index in [9.17, 15) is 26.6 Å². The molecule has 10 heteroatoms. The number of benzene rings is 2. The first-order chi connectivity index (χ1) is 18.6. The lowest BCUT2D eigenvalue weighted by Gasteiger charge is -2.24. The van der Waals surface area contributed by atoms with Crippen molar-refractivity contribution < 1.29 is 26.5 Å². The molecule has 0 aliphatic rings. The molecule has 0 spiro atoms. The summed E-state index contributed by atoms with van der Waals surface area (Å²) in [5.74, 6) is -1.14. The number of halogens is 1. The van der Waals surface area contributed by atoms with E-state index in [-0.39, 0.29) is 45.6 Å². The van der Waals surface area contributed by atoms with Gasteiger partial charge in [-0.05, 0) is 74.2 Å². The summed E-state index contributed by atoms with van der Waals surface area (Å²) in [6, 6.07) is 9.70. The van der Waals surface area contributed by atoms with E-state index in [1.54, 1.807) is 26.2 Å². The van der Waals surface area contributed by atoms with E-state index in [2.05, 4.69) is 0 Å². The molecule has 0 bridgehead atoms. The van der Waals surface area contributed by atoms with E-state index in [4.69, 9.17) is 4.74 Å². The summed E-state index contributed by atoms with van der Waals surface area (Å²) in [7, 11) is -1.72. The topological polar surface area (TPSA) is 99.5 Å². The first-order valence-electron chi connectivity index (χ1n) is 12.9. The normalized spacial score (nSPS) is 13.6. The van der Waals surface area contributed by atoms with Gasteiger partial charge in [0, 0.05) is 68.6 Å². The second-order valence-corrected chi connectivity index (χ2v) is 15.4. The van der Waals surface area contributed by atoms with E-state index in [0.717, 1.165) is 0 Å². The predicted molar refractivity (Wildman–Crippen MR) is 158 cm³/mol. The number of ketones is 1. The number of methoxy groups -OCH3 is 1. The summed E-state index contributed by atoms with van der Waals surface area (Å²) < 4.78 is 58.3. The molecule has 0 radical (unpaired) electrons. The number of ether oxygens (including phenoxy) is 1. The van der Waals surface area contributed by atoms with Crippen molar-refractivity contribution in [3.05, 3.63) is 87.1 Å². The molecule has 0 aliphatic carbocycles. The van der Waals surface area contributed by atoms with Gasteiger partial charge >= 0.3 is 0 Å². The molecule has 0 unspecified atom stereocenters. The smallest absolute Gasteiger partial charge is 0.250 e. The zero-order chi connectivity index (χ0) is 30.0. The highest BCUT2D eigenvalue weighted by atomic mass is 32.2. The Morgan fingerprint density at radius 2 is 1.73 bits per heavy atom. The molecule has 40 heavy (non-hydrogen) atoms. The lowest BCUT2D eigenvalue weighted by molar-refractivity contribution is 0.103. The highest BCUT2D eigenvalue weighted by molar-refractivity contribution is 7.90. The maximum Gasteiger partial charge on any atom is 0.250 e. The molecule has 2 aromatic carbocycles. The molecule has 216 valence electrons. The Labute approximate surface area is 237 Å². The third-order valence-electron chi connectivity index (χ3n) is 6.75. The number of hydrogen-bond donors (Lipinski definition) is 0. The first-order valence-corrected chi connectivity index (χ1v) is 16.0. The van der Waals surface area contributed by atoms with Crippen LogP contribution in [0.25, 0.3) is 11.1 Å². The van der Waals surface area contributed by atoms with Crippen molar-refractivity contribution >= 4 is 26.4 Å². The van der Waals surface area contributed by atoms with Crippen molar-refractivity contribution in [2.75, 3.05) is 18.6 Å². The molecule has 2 atom stereocenters. The van der Waals surface area contributed by atoms with Crippen LogP contribution >= 0.6 is 0 Å². The fraction of sp³-hybridized carbons (Fsp3) is 0.400. The average Bonchev–Trinajstić information content (AvgIpc) is 2.89. The standard InChI is InChI=1S/C30H36FNO6S2/c1-8-40(36,37)18-21-13-24(25(14-27(21)38-7)29(34)20-9-11-22(31)12-10-20)26-16-32(6)28(33)15-23(26)19(2)17-39(35)30(3,4)5/h9-16,19H,8,17-18H2,1-7H3/t19-,39-/m1/s1. The van der Waals surface area contributed by atoms with E-state index in [1.807, 2.05) is 27.7 Å². The van der Waals surface area contributed by atoms with Gasteiger partial charge in [0.25, 0.3) is 5.56 Å². The van der Waals surface area contributed by atoms with Crippen LogP contribution in [0.15, 0.2) is 53.5 Å². The van der Waals surface area contributed by atoms with E-state index in [1.165, 1.54) is 48.1 Å². The van der Waals surface area contributed by atoms with Gasteiger partial charge < -0.3 is 9.30 Å². The third-order valence-corrected chi connectivity index (χ3v) is 10.6. The minimum atomic E-state index is -3.47. The number of rotatable bonds is 10. The number of hydrogen-bond acceptors (Lipinski definition) is 6. The van der Waals surface area contributed by atoms with Gasteiger partial charge in [-0.2, -0.15) is 0 Å². The highest BCUT2D eigenvalue weighted by Gasteiger charge is 2.27. The van der Waals surface area contributed by atoms with Crippen molar-refractivity contribution in [2.45, 2.75) is 51.0 Å². The monoisotopic (exact) mass is 589 g/mol. The Hall–Kier alpha value is -3.11. The molecule has 7 nitrogen and oxygen atoms in total. The number of aromatic nitrogens is 1. The number of nitrogens with zero attached hydrogens (tertiary/aromatic N) is 1. The molecular formula is C30H36FNO6S2. The van der Waals surface area contributed by atoms with Gasteiger partial charge in [0.2, 0.25) is 0 Å². The molecule has 0 fully saturated rings. The largest absolute Gasteiger partial charge is 0.496 e. The van der Waals surface area contributed by atoms with Crippen LogP contribution in [-0.2, 0) is 33.4 Å². The van der Waals surface area contributed by atoms with Gasteiger partial charge in [-0.25, -0.2) is 12.8 Å². The molecule has 0 N–H and O–H groups in total. The molecule has 3 rings (SSSR count). The molecule has 1 aromatic heterocycles. The van der Waals surface area contributed by atoms with Crippen molar-refractivity contribution in [2.24, 2.45) is 7.05 Å². The van der Waals surface area contributed by atoms with Crippen LogP contribution in [0.4, 0.5) is 4.39 Å². The van der Waals surface area contributed by atoms with Gasteiger partial charge in [0.05, 0.1) is 12.9 Å². The van der Waals surface area contributed by atoms with Gasteiger partial charge in [-0.15, -0.1) is 0 Å². The molecule has 0 amide bonds. The van der Waals surface area contributed by atoms with E-state index in [0.29, 0.717) is 22.3 Å². The maximum absolute atomic E-state index is 13.8. The summed E-state index contributed by atoms with van der Waals surface area (Å²) in [5.41, 5.74) is 2.03. The summed E-state index contributed by atoms with van der Waals surface area (Å²) in [6.45, 7) is 9.06. The van der Waals surface area contributed by atoms with Crippen LogP contribution in [-0.4, -0.2) is 46.3 Å². The number of sulfone groups is 1. The van der Waals surface area contributed by atoms with Gasteiger partial charge in [0.15, 0.2) is 15.6 Å². The minimum absolute atomic E-state index is 0.0809. The minimum Gasteiger partial charge on any atom is -0.496 e. The van der Waals surface area contributed by atoms with Gasteiger partial charge in [0.1, 0.15) is 11.6 Å². The summed E-state index contributed by atoms with van der Waals surface area (Å²) in [6.07, 6.45) is 1.61. The fourth-order valence-electron chi connectivity index (χ4n) is 4.28. The fourth-order valence-corrected chi connectivity index (χ4v) is 6.32. The molecule has 0 saturated carbocycles. The quantitative estimate of drug-likeness (QED) is 0.308. The molecule has 1 heterocycles. The highest BCUT2D eigenvalue weighted by Crippen LogP contribution is 2.37. The van der Waals surface area contributed by atoms with Gasteiger partial charge in [-0.3, -0.25) is 13.8 Å². The van der Waals surface area contributed by atoms with Crippen molar-refractivity contribution in [1.29, 1.82) is 0 Å². The number of pyridine rings is 1. The first kappa shape index (κ1) is 31.4. The Balaban J connectivity index is 2.36. The Bertz CT molecular complexity index is 1600. The van der Waals surface area contributed by atoms with Crippen LogP contribution in [0.1, 0.15) is 67.6 Å². The van der Waals surface area contributed by atoms with Crippen LogP contribution in [0.3, 0.4) is 0 Å². The molecule has 0 aliphatic heterocycles. The van der Waals surface area contributed by atoms with Crippen LogP contribution in [0.2, 0.25) is 0 Å². The zero-order valence-corrected chi connectivity index (χ0v) is 25.5. The number of carbonyl (C=O) groups excluding carboxylic acids is 1. The van der Waals surface area contributed by atoms with E-state index < -0.39 is 37.0 Å². The van der Waals surface area contributed by atoms with Crippen LogP contribution < -0.4 is 10.3 Å². The van der Waals surface area contributed by atoms with Gasteiger partial charge in [-0.1, -0.05) is 13.8 Å². The zero-order valence-electron chi connectivity index (χ0n) is 23.9. The lowest BCUT2D eigenvalue weighted by Crippen LogP contribution is -2.27. The van der Waals surface area contributed by atoms with Crippen LogP contribution in [0, 0.1) is 5.82 Å². The van der Waals surface area contributed by atoms with Crippen molar-refractivity contribution in [3.63, 3.8) is 0 Å². The van der Waals surface area contributed by atoms with E-state index >= 15 is 0 Å². The van der Waals surface area contributed by atoms with Crippen LogP contribution in [0.5, 0.6) is 5.75 Å². The Kier molecular flexibility index (Phi) is 9.57. The second-order valence-electron chi connectivity index (χ2n) is 10.8. The number of aryl methyl sites for hydroxylation is 1. The molecule has 3 aromatic rings. The number of carbonyl (C=O) groups is 1. The summed E-state index contributed by atoms with van der Waals surface area (Å²) in [5, 5.41) is 0. The van der Waals surface area contributed by atoms with Crippen molar-refractivity contribution in [1.82, 2.24) is 4.57 Å². The Morgan fingerprint density at radius 1 is 1.10 bits per heavy atom. The second kappa shape index (κ2) is 12.2.